The molecule has 2 atom stereocenters. The number of hydrogen-bond donors (Lipinski definition) is 1. The minimum absolute atomic E-state index is 0.212. The van der Waals surface area contributed by atoms with Gasteiger partial charge in [-0.3, -0.25) is 4.79 Å². The molecule has 1 heterocycles. The monoisotopic (exact) mass is 240 g/mol. The lowest BCUT2D eigenvalue weighted by Crippen LogP contribution is -2.36. The second-order valence-corrected chi connectivity index (χ2v) is 5.47. The van der Waals surface area contributed by atoms with Crippen LogP contribution in [0.1, 0.15) is 52.9 Å². The number of likely N-dealkylation sites (tertiary alicyclic amines) is 1. The van der Waals surface area contributed by atoms with Gasteiger partial charge in [-0.25, -0.2) is 0 Å². The first-order valence-corrected chi connectivity index (χ1v) is 7.14. The third kappa shape index (κ3) is 3.98. The van der Waals surface area contributed by atoms with E-state index in [4.69, 9.17) is 5.73 Å². The number of carbonyl (C=O) groups excluding carboxylic acids is 1. The maximum atomic E-state index is 12.4. The minimum atomic E-state index is 0.212. The molecule has 0 aromatic carbocycles. The van der Waals surface area contributed by atoms with Gasteiger partial charge in [-0.15, -0.1) is 0 Å². The first-order chi connectivity index (χ1) is 8.10. The van der Waals surface area contributed by atoms with Crippen LogP contribution in [0.3, 0.4) is 0 Å². The molecule has 1 amide bonds. The number of carbonyl (C=O) groups is 1. The average molecular weight is 240 g/mol. The standard InChI is InChI=1S/C14H28N2O/c1-4-6-12(7-5-2)14(17)16-9-8-13(10-16)11(3)15/h11-13H,4-10,15H2,1-3H3. The molecule has 0 aliphatic carbocycles. The molecule has 0 spiro atoms. The van der Waals surface area contributed by atoms with E-state index in [0.717, 1.165) is 45.2 Å². The third-order valence-corrected chi connectivity index (χ3v) is 3.90. The van der Waals surface area contributed by atoms with Gasteiger partial charge in [0.05, 0.1) is 0 Å². The van der Waals surface area contributed by atoms with Gasteiger partial charge in [0.25, 0.3) is 0 Å². The highest BCUT2D eigenvalue weighted by atomic mass is 16.2. The average Bonchev–Trinajstić information content (AvgIpc) is 2.77. The van der Waals surface area contributed by atoms with Gasteiger partial charge in [-0.05, 0) is 32.1 Å². The van der Waals surface area contributed by atoms with Crippen LogP contribution in [0.15, 0.2) is 0 Å². The lowest BCUT2D eigenvalue weighted by molar-refractivity contribution is -0.135. The van der Waals surface area contributed by atoms with Crippen molar-refractivity contribution < 1.29 is 4.79 Å². The van der Waals surface area contributed by atoms with Crippen molar-refractivity contribution in [3.8, 4) is 0 Å². The fraction of sp³-hybridized carbons (Fsp3) is 0.929. The van der Waals surface area contributed by atoms with Crippen LogP contribution in [0.25, 0.3) is 0 Å². The molecule has 0 radical (unpaired) electrons. The van der Waals surface area contributed by atoms with Gasteiger partial charge in [0.15, 0.2) is 0 Å². The topological polar surface area (TPSA) is 46.3 Å². The van der Waals surface area contributed by atoms with Crippen molar-refractivity contribution in [2.24, 2.45) is 17.6 Å². The number of nitrogens with two attached hydrogens (primary N) is 1. The maximum absolute atomic E-state index is 12.4. The van der Waals surface area contributed by atoms with Gasteiger partial charge >= 0.3 is 0 Å². The number of amides is 1. The number of nitrogens with zero attached hydrogens (tertiary/aromatic N) is 1. The van der Waals surface area contributed by atoms with Crippen LogP contribution >= 0.6 is 0 Å². The normalized spacial score (nSPS) is 22.2. The Morgan fingerprint density at radius 2 is 1.94 bits per heavy atom. The van der Waals surface area contributed by atoms with Crippen LogP contribution in [0.5, 0.6) is 0 Å². The highest BCUT2D eigenvalue weighted by molar-refractivity contribution is 5.79. The van der Waals surface area contributed by atoms with Gasteiger partial charge < -0.3 is 10.6 Å². The van der Waals surface area contributed by atoms with E-state index in [1.165, 1.54) is 0 Å². The fourth-order valence-electron chi connectivity index (χ4n) is 2.76. The van der Waals surface area contributed by atoms with E-state index in [1.807, 2.05) is 11.8 Å². The third-order valence-electron chi connectivity index (χ3n) is 3.90. The molecule has 0 aromatic rings. The molecule has 0 bridgehead atoms. The smallest absolute Gasteiger partial charge is 0.225 e. The summed E-state index contributed by atoms with van der Waals surface area (Å²) in [6, 6.07) is 0.212. The summed E-state index contributed by atoms with van der Waals surface area (Å²) in [7, 11) is 0. The van der Waals surface area contributed by atoms with Crippen molar-refractivity contribution in [3.63, 3.8) is 0 Å². The molecule has 100 valence electrons. The lowest BCUT2D eigenvalue weighted by Gasteiger charge is -2.23. The van der Waals surface area contributed by atoms with Crippen LogP contribution in [-0.2, 0) is 4.79 Å². The van der Waals surface area contributed by atoms with E-state index >= 15 is 0 Å². The molecule has 1 fully saturated rings. The molecule has 1 aliphatic heterocycles. The molecule has 1 saturated heterocycles. The zero-order valence-electron chi connectivity index (χ0n) is 11.6. The summed E-state index contributed by atoms with van der Waals surface area (Å²) in [6.45, 7) is 8.15. The largest absolute Gasteiger partial charge is 0.342 e. The summed E-state index contributed by atoms with van der Waals surface area (Å²) < 4.78 is 0. The van der Waals surface area contributed by atoms with E-state index in [0.29, 0.717) is 11.8 Å². The Bertz CT molecular complexity index is 234. The second kappa shape index (κ2) is 7.00. The van der Waals surface area contributed by atoms with Gasteiger partial charge in [-0.2, -0.15) is 0 Å². The lowest BCUT2D eigenvalue weighted by atomic mass is 9.96. The van der Waals surface area contributed by atoms with E-state index in [1.54, 1.807) is 0 Å². The highest BCUT2D eigenvalue weighted by Crippen LogP contribution is 2.23. The van der Waals surface area contributed by atoms with Gasteiger partial charge in [0.1, 0.15) is 0 Å². The zero-order chi connectivity index (χ0) is 12.8. The molecule has 3 nitrogen and oxygen atoms in total. The van der Waals surface area contributed by atoms with E-state index < -0.39 is 0 Å². The van der Waals surface area contributed by atoms with Crippen LogP contribution in [0.2, 0.25) is 0 Å². The van der Waals surface area contributed by atoms with Crippen LogP contribution in [0.4, 0.5) is 0 Å². The van der Waals surface area contributed by atoms with Gasteiger partial charge in [0.2, 0.25) is 5.91 Å². The Hall–Kier alpha value is -0.570. The Morgan fingerprint density at radius 3 is 2.35 bits per heavy atom. The first-order valence-electron chi connectivity index (χ1n) is 7.14. The molecule has 0 saturated carbocycles. The zero-order valence-corrected chi connectivity index (χ0v) is 11.6. The first kappa shape index (κ1) is 14.5. The van der Waals surface area contributed by atoms with Crippen molar-refractivity contribution in [2.75, 3.05) is 13.1 Å². The molecule has 3 heteroatoms. The predicted molar refractivity (Wildman–Crippen MR) is 71.6 cm³/mol. The van der Waals surface area contributed by atoms with Crippen molar-refractivity contribution in [1.29, 1.82) is 0 Å². The Morgan fingerprint density at radius 1 is 1.35 bits per heavy atom. The van der Waals surface area contributed by atoms with Crippen molar-refractivity contribution in [1.82, 2.24) is 4.90 Å². The molecule has 0 aromatic heterocycles. The van der Waals surface area contributed by atoms with Crippen molar-refractivity contribution in [3.05, 3.63) is 0 Å². The molecular weight excluding hydrogens is 212 g/mol. The second-order valence-electron chi connectivity index (χ2n) is 5.47. The fourth-order valence-corrected chi connectivity index (χ4v) is 2.76. The van der Waals surface area contributed by atoms with E-state index in [9.17, 15) is 4.79 Å². The van der Waals surface area contributed by atoms with Crippen molar-refractivity contribution in [2.45, 2.75) is 58.9 Å². The Kier molecular flexibility index (Phi) is 5.96. The van der Waals surface area contributed by atoms with Crippen molar-refractivity contribution >= 4 is 5.91 Å². The molecule has 1 aliphatic rings. The summed E-state index contributed by atoms with van der Waals surface area (Å²) in [4.78, 5) is 14.4. The summed E-state index contributed by atoms with van der Waals surface area (Å²) in [5.41, 5.74) is 5.92. The SMILES string of the molecule is CCCC(CCC)C(=O)N1CCC(C(C)N)C1. The Balaban J connectivity index is 2.51. The van der Waals surface area contributed by atoms with Crippen LogP contribution in [-0.4, -0.2) is 29.9 Å². The van der Waals surface area contributed by atoms with E-state index in [2.05, 4.69) is 13.8 Å². The maximum Gasteiger partial charge on any atom is 0.225 e. The van der Waals surface area contributed by atoms with Crippen LogP contribution < -0.4 is 5.73 Å². The molecule has 1 rings (SSSR count). The van der Waals surface area contributed by atoms with Gasteiger partial charge in [-0.1, -0.05) is 26.7 Å². The quantitative estimate of drug-likeness (QED) is 0.775. The minimum Gasteiger partial charge on any atom is -0.342 e. The molecule has 17 heavy (non-hydrogen) atoms. The summed E-state index contributed by atoms with van der Waals surface area (Å²) >= 11 is 0. The summed E-state index contributed by atoms with van der Waals surface area (Å²) in [5.74, 6) is 1.12. The molecular formula is C14H28N2O. The summed E-state index contributed by atoms with van der Waals surface area (Å²) in [6.07, 6.45) is 5.34. The summed E-state index contributed by atoms with van der Waals surface area (Å²) in [5, 5.41) is 0. The number of hydrogen-bond acceptors (Lipinski definition) is 2. The number of rotatable bonds is 6. The van der Waals surface area contributed by atoms with Gasteiger partial charge in [0, 0.05) is 25.0 Å². The Labute approximate surface area is 106 Å². The predicted octanol–water partition coefficient (Wildman–Crippen LogP) is 2.40. The van der Waals surface area contributed by atoms with E-state index in [-0.39, 0.29) is 12.0 Å². The molecule has 2 unspecified atom stereocenters. The molecule has 2 N–H and O–H groups in total. The highest BCUT2D eigenvalue weighted by Gasteiger charge is 2.31. The van der Waals surface area contributed by atoms with Crippen LogP contribution in [0, 0.1) is 11.8 Å².